The molecule has 0 aliphatic carbocycles. The number of carbonyl (C=O) groups excluding carboxylic acids is 3. The number of aromatic nitrogens is 1. The molecule has 9 nitrogen and oxygen atoms in total. The minimum atomic E-state index is -0.830. The van der Waals surface area contributed by atoms with Crippen molar-refractivity contribution in [3.05, 3.63) is 70.9 Å². The summed E-state index contributed by atoms with van der Waals surface area (Å²) >= 11 is 0. The van der Waals surface area contributed by atoms with Crippen LogP contribution in [-0.4, -0.2) is 59.0 Å². The maximum Gasteiger partial charge on any atom is 0.347 e. The second-order valence-corrected chi connectivity index (χ2v) is 10.4. The molecule has 1 aliphatic rings. The van der Waals surface area contributed by atoms with Crippen LogP contribution < -0.4 is 15.8 Å². The molecule has 0 radical (unpaired) electrons. The smallest absolute Gasteiger partial charge is 0.347 e. The highest BCUT2D eigenvalue weighted by molar-refractivity contribution is 5.89. The molecule has 0 saturated carbocycles. The van der Waals surface area contributed by atoms with Crippen LogP contribution in [0.2, 0.25) is 0 Å². The molecule has 3 rings (SSSR count). The van der Waals surface area contributed by atoms with Crippen molar-refractivity contribution in [3.8, 4) is 5.88 Å². The van der Waals surface area contributed by atoms with E-state index < -0.39 is 35.8 Å². The number of hydrogen-bond acceptors (Lipinski definition) is 7. The Morgan fingerprint density at radius 2 is 1.95 bits per heavy atom. The number of nitrogens with one attached hydrogen (secondary N) is 1. The minimum Gasteiger partial charge on any atom is -0.463 e. The highest BCUT2D eigenvalue weighted by Crippen LogP contribution is 2.19. The van der Waals surface area contributed by atoms with Gasteiger partial charge in [-0.25, -0.2) is 18.6 Å². The lowest BCUT2D eigenvalue weighted by Crippen LogP contribution is -2.51. The maximum absolute atomic E-state index is 14.2. The zero-order valence-corrected chi connectivity index (χ0v) is 23.9. The summed E-state index contributed by atoms with van der Waals surface area (Å²) in [6.07, 6.45) is 4.68. The van der Waals surface area contributed by atoms with Gasteiger partial charge in [0.25, 0.3) is 0 Å². The van der Waals surface area contributed by atoms with E-state index in [0.29, 0.717) is 18.5 Å². The molecule has 1 aromatic heterocycles. The number of nitrogens with two attached hydrogens (primary N) is 1. The maximum atomic E-state index is 14.2. The van der Waals surface area contributed by atoms with E-state index in [4.69, 9.17) is 15.2 Å². The minimum absolute atomic E-state index is 0.0142. The lowest BCUT2D eigenvalue weighted by Gasteiger charge is -2.32. The Balaban J connectivity index is 1.56. The summed E-state index contributed by atoms with van der Waals surface area (Å²) in [5.74, 6) is -2.16. The van der Waals surface area contributed by atoms with Crippen LogP contribution >= 0.6 is 0 Å². The molecule has 0 bridgehead atoms. The summed E-state index contributed by atoms with van der Waals surface area (Å²) in [6, 6.07) is 3.96. The topological polar surface area (TPSA) is 124 Å². The first-order valence-corrected chi connectivity index (χ1v) is 13.7. The van der Waals surface area contributed by atoms with Gasteiger partial charge in [0.05, 0.1) is 6.61 Å². The predicted molar refractivity (Wildman–Crippen MR) is 149 cm³/mol. The van der Waals surface area contributed by atoms with E-state index in [9.17, 15) is 23.2 Å². The molecular weight excluding hydrogens is 534 g/mol. The van der Waals surface area contributed by atoms with Crippen LogP contribution in [0.1, 0.15) is 50.3 Å². The zero-order chi connectivity index (χ0) is 30.1. The molecule has 2 unspecified atom stereocenters. The number of benzene rings is 1. The molecule has 1 aromatic carbocycles. The monoisotopic (exact) mass is 572 g/mol. The number of hydrogen-bond donors (Lipinski definition) is 2. The molecule has 1 aliphatic heterocycles. The van der Waals surface area contributed by atoms with Gasteiger partial charge in [-0.2, -0.15) is 0 Å². The Bertz CT molecular complexity index is 1250. The summed E-state index contributed by atoms with van der Waals surface area (Å²) in [7, 11) is 0. The molecular formula is C30H38F2N4O5. The fraction of sp³-hybridized carbons (Fsp3) is 0.467. The van der Waals surface area contributed by atoms with E-state index in [1.165, 1.54) is 18.0 Å². The normalized spacial score (nSPS) is 16.3. The molecule has 0 saturated heterocycles. The summed E-state index contributed by atoms with van der Waals surface area (Å²) in [5.41, 5.74) is 7.11. The molecule has 2 heterocycles. The third-order valence-electron chi connectivity index (χ3n) is 6.66. The van der Waals surface area contributed by atoms with Gasteiger partial charge in [-0.05, 0) is 55.5 Å². The third-order valence-corrected chi connectivity index (χ3v) is 6.66. The molecule has 41 heavy (non-hydrogen) atoms. The highest BCUT2D eigenvalue weighted by atomic mass is 19.1. The Labute approximate surface area is 239 Å². The van der Waals surface area contributed by atoms with Crippen molar-refractivity contribution >= 4 is 17.8 Å². The first kappa shape index (κ1) is 31.7. The quantitative estimate of drug-likeness (QED) is 0.295. The van der Waals surface area contributed by atoms with Gasteiger partial charge in [0.15, 0.2) is 6.10 Å². The van der Waals surface area contributed by atoms with E-state index in [1.54, 1.807) is 25.1 Å². The van der Waals surface area contributed by atoms with Gasteiger partial charge in [-0.1, -0.05) is 32.1 Å². The standard InChI is InChI=1S/C30H38F2N4O5/c1-5-40-30(39)28(18(2)3)41-26-10-9-20(16-34-26)17-35-29(38)25-8-6-7-11-36(25)27(37)15-22(33)13-21-14-23(31)19(4)12-24(21)32/h6,8-10,12,14,16,18,22,25,28H,5,7,11,13,15,17,33H2,1-4H3,(H,35,38)/t22?,25-,28?/m0/s1. The number of rotatable bonds is 12. The number of esters is 1. The first-order chi connectivity index (χ1) is 19.5. The van der Waals surface area contributed by atoms with Gasteiger partial charge in [-0.15, -0.1) is 0 Å². The second kappa shape index (κ2) is 14.7. The Hall–Kier alpha value is -3.86. The molecule has 2 aromatic rings. The van der Waals surface area contributed by atoms with Crippen LogP contribution in [0.5, 0.6) is 5.88 Å². The van der Waals surface area contributed by atoms with Crippen molar-refractivity contribution in [2.45, 2.75) is 71.7 Å². The fourth-order valence-corrected chi connectivity index (χ4v) is 4.42. The lowest BCUT2D eigenvalue weighted by molar-refractivity contribution is -0.153. The Kier molecular flexibility index (Phi) is 11.3. The zero-order valence-electron chi connectivity index (χ0n) is 23.9. The average molecular weight is 573 g/mol. The van der Waals surface area contributed by atoms with Gasteiger partial charge < -0.3 is 25.4 Å². The van der Waals surface area contributed by atoms with Crippen LogP contribution in [0, 0.1) is 24.5 Å². The Morgan fingerprint density at radius 3 is 2.61 bits per heavy atom. The van der Waals surface area contributed by atoms with E-state index in [0.717, 1.165) is 12.1 Å². The molecule has 11 heteroatoms. The Morgan fingerprint density at radius 1 is 1.20 bits per heavy atom. The SMILES string of the molecule is CCOC(=O)C(Oc1ccc(CNC(=O)[C@@H]2C=CCCN2C(=O)CC(N)Cc2cc(F)c(C)cc2F)cn1)C(C)C. The fourth-order valence-electron chi connectivity index (χ4n) is 4.42. The molecule has 3 atom stereocenters. The largest absolute Gasteiger partial charge is 0.463 e. The van der Waals surface area contributed by atoms with Crippen LogP contribution in [0.25, 0.3) is 0 Å². The van der Waals surface area contributed by atoms with E-state index in [2.05, 4.69) is 10.3 Å². The van der Waals surface area contributed by atoms with Crippen molar-refractivity contribution in [2.24, 2.45) is 11.7 Å². The van der Waals surface area contributed by atoms with Crippen LogP contribution in [0.4, 0.5) is 8.78 Å². The predicted octanol–water partition coefficient (Wildman–Crippen LogP) is 3.37. The number of pyridine rings is 1. The van der Waals surface area contributed by atoms with E-state index in [-0.39, 0.29) is 60.7 Å². The van der Waals surface area contributed by atoms with Crippen molar-refractivity contribution in [1.82, 2.24) is 15.2 Å². The van der Waals surface area contributed by atoms with Gasteiger partial charge in [-0.3, -0.25) is 9.59 Å². The molecule has 0 spiro atoms. The van der Waals surface area contributed by atoms with E-state index >= 15 is 0 Å². The van der Waals surface area contributed by atoms with Gasteiger partial charge >= 0.3 is 5.97 Å². The number of amides is 2. The van der Waals surface area contributed by atoms with Crippen LogP contribution in [0.15, 0.2) is 42.6 Å². The molecule has 222 valence electrons. The lowest BCUT2D eigenvalue weighted by atomic mass is 10.00. The first-order valence-electron chi connectivity index (χ1n) is 13.7. The number of halogens is 2. The van der Waals surface area contributed by atoms with E-state index in [1.807, 2.05) is 19.9 Å². The van der Waals surface area contributed by atoms with Crippen molar-refractivity contribution in [3.63, 3.8) is 0 Å². The summed E-state index contributed by atoms with van der Waals surface area (Å²) in [4.78, 5) is 43.9. The van der Waals surface area contributed by atoms with Gasteiger partial charge in [0.1, 0.15) is 17.7 Å². The second-order valence-electron chi connectivity index (χ2n) is 10.4. The van der Waals surface area contributed by atoms with Crippen molar-refractivity contribution in [2.75, 3.05) is 13.2 Å². The number of nitrogens with zero attached hydrogens (tertiary/aromatic N) is 2. The summed E-state index contributed by atoms with van der Waals surface area (Å²) < 4.78 is 38.9. The summed E-state index contributed by atoms with van der Waals surface area (Å²) in [6.45, 7) is 7.62. The molecule has 3 N–H and O–H groups in total. The summed E-state index contributed by atoms with van der Waals surface area (Å²) in [5, 5.41) is 2.82. The molecule has 0 fully saturated rings. The van der Waals surface area contributed by atoms with Gasteiger partial charge in [0.2, 0.25) is 17.7 Å². The number of ether oxygens (including phenoxy) is 2. The van der Waals surface area contributed by atoms with Crippen LogP contribution in [-0.2, 0) is 32.1 Å². The number of carbonyl (C=O) groups is 3. The van der Waals surface area contributed by atoms with Crippen molar-refractivity contribution < 1.29 is 32.6 Å². The van der Waals surface area contributed by atoms with Crippen molar-refractivity contribution in [1.29, 1.82) is 0 Å². The highest BCUT2D eigenvalue weighted by Gasteiger charge is 2.30. The van der Waals surface area contributed by atoms with Gasteiger partial charge in [0, 0.05) is 43.7 Å². The molecule has 2 amide bonds. The van der Waals surface area contributed by atoms with Crippen LogP contribution in [0.3, 0.4) is 0 Å². The number of aryl methyl sites for hydroxylation is 1. The average Bonchev–Trinajstić information content (AvgIpc) is 2.93. The third kappa shape index (κ3) is 8.81.